The Morgan fingerprint density at radius 2 is 1.95 bits per heavy atom. The van der Waals surface area contributed by atoms with Gasteiger partial charge in [-0.3, -0.25) is 4.79 Å². The lowest BCUT2D eigenvalue weighted by Gasteiger charge is -2.30. The fraction of sp³-hybridized carbons (Fsp3) is 0.375. The summed E-state index contributed by atoms with van der Waals surface area (Å²) in [5.41, 5.74) is -0.519. The highest BCUT2D eigenvalue weighted by atomic mass is 35.5. The van der Waals surface area contributed by atoms with Gasteiger partial charge >= 0.3 is 0 Å². The van der Waals surface area contributed by atoms with E-state index in [0.717, 1.165) is 10.8 Å². The quantitative estimate of drug-likeness (QED) is 0.825. The number of carbonyl (C=O) groups excluding carboxylic acids is 1. The van der Waals surface area contributed by atoms with Crippen LogP contribution in [0.5, 0.6) is 0 Å². The molecule has 0 spiro atoms. The summed E-state index contributed by atoms with van der Waals surface area (Å²) in [5, 5.41) is 20.6. The molecule has 5 nitrogen and oxygen atoms in total. The van der Waals surface area contributed by atoms with Crippen LogP contribution in [-0.4, -0.2) is 52.8 Å². The second-order valence-corrected chi connectivity index (χ2v) is 6.17. The molecule has 0 saturated heterocycles. The number of pyridine rings is 1. The molecule has 1 aromatic carbocycles. The summed E-state index contributed by atoms with van der Waals surface area (Å²) in [7, 11) is 1.61. The first-order chi connectivity index (χ1) is 10.4. The third-order valence-electron chi connectivity index (χ3n) is 3.64. The smallest absolute Gasteiger partial charge is 0.272 e. The van der Waals surface area contributed by atoms with Gasteiger partial charge in [-0.25, -0.2) is 4.98 Å². The molecular formula is C16H19ClN2O3. The van der Waals surface area contributed by atoms with Gasteiger partial charge in [0.2, 0.25) is 0 Å². The maximum absolute atomic E-state index is 12.5. The molecule has 2 N–H and O–H groups in total. The van der Waals surface area contributed by atoms with E-state index in [1.54, 1.807) is 20.0 Å². The van der Waals surface area contributed by atoms with E-state index in [-0.39, 0.29) is 36.5 Å². The molecule has 0 radical (unpaired) electrons. The standard InChI is InChI=1S/C16H19ClN2O3/c1-16(9-20,10-21)8-19(2)15(22)13-7-11-5-3-4-6-12(11)14(17)18-13/h3-7,20-21H,8-10H2,1-2H3. The number of aliphatic hydroxyl groups excluding tert-OH is 2. The lowest BCUT2D eigenvalue weighted by atomic mass is 9.92. The van der Waals surface area contributed by atoms with Crippen LogP contribution in [0.4, 0.5) is 0 Å². The Kier molecular flexibility index (Phi) is 5.01. The third-order valence-corrected chi connectivity index (χ3v) is 3.93. The number of amides is 1. The minimum atomic E-state index is -0.759. The third kappa shape index (κ3) is 3.38. The highest BCUT2D eigenvalue weighted by Gasteiger charge is 2.27. The largest absolute Gasteiger partial charge is 0.396 e. The van der Waals surface area contributed by atoms with Gasteiger partial charge in [-0.2, -0.15) is 0 Å². The van der Waals surface area contributed by atoms with Crippen LogP contribution in [0.25, 0.3) is 10.8 Å². The maximum Gasteiger partial charge on any atom is 0.272 e. The average molecular weight is 323 g/mol. The van der Waals surface area contributed by atoms with Crippen LogP contribution >= 0.6 is 11.6 Å². The Bertz CT molecular complexity index is 686. The number of aromatic nitrogens is 1. The predicted octanol–water partition coefficient (Wildman–Crippen LogP) is 1.95. The first-order valence-corrected chi connectivity index (χ1v) is 7.30. The monoisotopic (exact) mass is 322 g/mol. The molecule has 0 aliphatic carbocycles. The number of hydrogen-bond donors (Lipinski definition) is 2. The van der Waals surface area contributed by atoms with E-state index in [4.69, 9.17) is 11.6 Å². The zero-order chi connectivity index (χ0) is 16.3. The second kappa shape index (κ2) is 6.60. The SMILES string of the molecule is CN(CC(C)(CO)CO)C(=O)c1cc2ccccc2c(Cl)n1. The molecule has 0 atom stereocenters. The summed E-state index contributed by atoms with van der Waals surface area (Å²) in [5.74, 6) is -0.305. The van der Waals surface area contributed by atoms with Gasteiger partial charge in [-0.05, 0) is 11.5 Å². The van der Waals surface area contributed by atoms with Crippen molar-refractivity contribution in [3.63, 3.8) is 0 Å². The van der Waals surface area contributed by atoms with E-state index in [0.29, 0.717) is 0 Å². The Morgan fingerprint density at radius 3 is 2.59 bits per heavy atom. The van der Waals surface area contributed by atoms with Crippen molar-refractivity contribution in [3.8, 4) is 0 Å². The van der Waals surface area contributed by atoms with Crippen LogP contribution in [-0.2, 0) is 0 Å². The lowest BCUT2D eigenvalue weighted by Crippen LogP contribution is -2.41. The van der Waals surface area contributed by atoms with Gasteiger partial charge < -0.3 is 15.1 Å². The van der Waals surface area contributed by atoms with Gasteiger partial charge in [0, 0.05) is 24.4 Å². The predicted molar refractivity (Wildman–Crippen MR) is 86.0 cm³/mol. The summed E-state index contributed by atoms with van der Waals surface area (Å²) in [6.07, 6.45) is 0. The number of fused-ring (bicyclic) bond motifs is 1. The number of benzene rings is 1. The van der Waals surface area contributed by atoms with E-state index in [1.165, 1.54) is 4.90 Å². The van der Waals surface area contributed by atoms with Crippen LogP contribution in [0.2, 0.25) is 5.15 Å². The molecule has 0 aliphatic heterocycles. The summed E-state index contributed by atoms with van der Waals surface area (Å²) >= 11 is 6.14. The van der Waals surface area contributed by atoms with E-state index in [2.05, 4.69) is 4.98 Å². The Morgan fingerprint density at radius 1 is 1.32 bits per heavy atom. The fourth-order valence-electron chi connectivity index (χ4n) is 2.26. The molecule has 22 heavy (non-hydrogen) atoms. The van der Waals surface area contributed by atoms with Crippen molar-refractivity contribution in [2.75, 3.05) is 26.8 Å². The topological polar surface area (TPSA) is 73.7 Å². The lowest BCUT2D eigenvalue weighted by molar-refractivity contribution is 0.0363. The fourth-order valence-corrected chi connectivity index (χ4v) is 2.52. The van der Waals surface area contributed by atoms with Crippen LogP contribution in [0.1, 0.15) is 17.4 Å². The van der Waals surface area contributed by atoms with Crippen molar-refractivity contribution in [2.24, 2.45) is 5.41 Å². The number of halogens is 1. The number of nitrogens with zero attached hydrogens (tertiary/aromatic N) is 2. The minimum absolute atomic E-state index is 0.213. The van der Waals surface area contributed by atoms with Gasteiger partial charge in [0.05, 0.1) is 13.2 Å². The highest BCUT2D eigenvalue weighted by Crippen LogP contribution is 2.23. The minimum Gasteiger partial charge on any atom is -0.396 e. The highest BCUT2D eigenvalue weighted by molar-refractivity contribution is 6.34. The molecule has 0 aliphatic rings. The molecule has 6 heteroatoms. The van der Waals surface area contributed by atoms with E-state index in [9.17, 15) is 15.0 Å². The molecule has 0 bridgehead atoms. The maximum atomic E-state index is 12.5. The molecule has 0 saturated carbocycles. The Hall–Kier alpha value is -1.69. The number of aliphatic hydroxyl groups is 2. The van der Waals surface area contributed by atoms with Crippen LogP contribution in [0.15, 0.2) is 30.3 Å². The van der Waals surface area contributed by atoms with Gasteiger partial charge in [-0.15, -0.1) is 0 Å². The van der Waals surface area contributed by atoms with Crippen molar-refractivity contribution < 1.29 is 15.0 Å². The van der Waals surface area contributed by atoms with Crippen LogP contribution < -0.4 is 0 Å². The summed E-state index contributed by atoms with van der Waals surface area (Å²) in [6.45, 7) is 1.49. The van der Waals surface area contributed by atoms with Crippen molar-refractivity contribution in [1.29, 1.82) is 0 Å². The van der Waals surface area contributed by atoms with Crippen LogP contribution in [0.3, 0.4) is 0 Å². The van der Waals surface area contributed by atoms with Gasteiger partial charge in [0.25, 0.3) is 5.91 Å². The van der Waals surface area contributed by atoms with E-state index < -0.39 is 5.41 Å². The van der Waals surface area contributed by atoms with Crippen LogP contribution in [0, 0.1) is 5.41 Å². The van der Waals surface area contributed by atoms with Crippen molar-refractivity contribution in [1.82, 2.24) is 9.88 Å². The molecule has 0 fully saturated rings. The number of carbonyl (C=O) groups is 1. The molecule has 1 aromatic heterocycles. The van der Waals surface area contributed by atoms with E-state index >= 15 is 0 Å². The first-order valence-electron chi connectivity index (χ1n) is 6.93. The van der Waals surface area contributed by atoms with Crippen molar-refractivity contribution >= 4 is 28.3 Å². The zero-order valence-electron chi connectivity index (χ0n) is 12.6. The first kappa shape index (κ1) is 16.7. The molecule has 2 rings (SSSR count). The van der Waals surface area contributed by atoms with E-state index in [1.807, 2.05) is 24.3 Å². The molecule has 1 heterocycles. The Labute approximate surface area is 134 Å². The van der Waals surface area contributed by atoms with Gasteiger partial charge in [0.1, 0.15) is 10.8 Å². The summed E-state index contributed by atoms with van der Waals surface area (Å²) in [6, 6.07) is 9.13. The summed E-state index contributed by atoms with van der Waals surface area (Å²) < 4.78 is 0. The number of hydrogen-bond acceptors (Lipinski definition) is 4. The average Bonchev–Trinajstić information content (AvgIpc) is 2.53. The van der Waals surface area contributed by atoms with Gasteiger partial charge in [-0.1, -0.05) is 42.8 Å². The van der Waals surface area contributed by atoms with Crippen molar-refractivity contribution in [3.05, 3.63) is 41.2 Å². The number of rotatable bonds is 5. The zero-order valence-corrected chi connectivity index (χ0v) is 13.3. The molecule has 118 valence electrons. The summed E-state index contributed by atoms with van der Waals surface area (Å²) in [4.78, 5) is 18.1. The second-order valence-electron chi connectivity index (χ2n) is 5.81. The molecule has 1 amide bonds. The molecular weight excluding hydrogens is 304 g/mol. The Balaban J connectivity index is 2.29. The van der Waals surface area contributed by atoms with Crippen molar-refractivity contribution in [2.45, 2.75) is 6.92 Å². The van der Waals surface area contributed by atoms with Gasteiger partial charge in [0.15, 0.2) is 0 Å². The normalized spacial score (nSPS) is 11.7. The molecule has 0 unspecified atom stereocenters. The molecule has 2 aromatic rings.